The molecule has 0 aliphatic rings. The summed E-state index contributed by atoms with van der Waals surface area (Å²) in [6.07, 6.45) is 1.62. The van der Waals surface area contributed by atoms with Crippen molar-refractivity contribution in [1.82, 2.24) is 15.2 Å². The number of nitrogens with zero attached hydrogens (tertiary/aromatic N) is 4. The number of benzene rings is 2. The normalized spacial score (nSPS) is 10.4. The Labute approximate surface area is 147 Å². The lowest BCUT2D eigenvalue weighted by molar-refractivity contribution is 0.965. The van der Waals surface area contributed by atoms with Gasteiger partial charge in [-0.25, -0.2) is 0 Å². The maximum Gasteiger partial charge on any atom is 0.249 e. The second-order valence-electron chi connectivity index (χ2n) is 6.07. The van der Waals surface area contributed by atoms with Crippen molar-refractivity contribution in [2.75, 3.05) is 29.6 Å². The predicted molar refractivity (Wildman–Crippen MR) is 102 cm³/mol. The standard InChI is InChI=1S/C19H22N6/c1-14-4-6-15(7-5-14)12-20-18-13-21-24-19(23-18)22-16-8-10-17(11-9-16)25(2)3/h4-11,13H,12H2,1-3H3,(H2,20,22,23,24). The molecule has 0 aliphatic heterocycles. The number of nitrogens with one attached hydrogen (secondary N) is 2. The molecule has 0 amide bonds. The minimum absolute atomic E-state index is 0.464. The molecular formula is C19H22N6. The van der Waals surface area contributed by atoms with Crippen LogP contribution in [0, 0.1) is 6.92 Å². The maximum absolute atomic E-state index is 4.45. The minimum Gasteiger partial charge on any atom is -0.378 e. The van der Waals surface area contributed by atoms with Crippen molar-refractivity contribution in [2.24, 2.45) is 0 Å². The minimum atomic E-state index is 0.464. The topological polar surface area (TPSA) is 66.0 Å². The van der Waals surface area contributed by atoms with Gasteiger partial charge in [0.25, 0.3) is 0 Å². The quantitative estimate of drug-likeness (QED) is 0.718. The van der Waals surface area contributed by atoms with Crippen LogP contribution in [-0.2, 0) is 6.54 Å². The molecule has 3 rings (SSSR count). The predicted octanol–water partition coefficient (Wildman–Crippen LogP) is 3.60. The van der Waals surface area contributed by atoms with Gasteiger partial charge in [-0.15, -0.1) is 5.10 Å². The fourth-order valence-electron chi connectivity index (χ4n) is 2.31. The molecular weight excluding hydrogens is 312 g/mol. The first-order chi connectivity index (χ1) is 12.1. The molecule has 0 aliphatic carbocycles. The van der Waals surface area contributed by atoms with Gasteiger partial charge in [0.1, 0.15) is 0 Å². The highest BCUT2D eigenvalue weighted by molar-refractivity contribution is 5.59. The van der Waals surface area contributed by atoms with Crippen molar-refractivity contribution in [2.45, 2.75) is 13.5 Å². The van der Waals surface area contributed by atoms with Crippen molar-refractivity contribution in [3.05, 3.63) is 65.9 Å². The largest absolute Gasteiger partial charge is 0.378 e. The van der Waals surface area contributed by atoms with Crippen LogP contribution in [0.1, 0.15) is 11.1 Å². The molecule has 0 saturated heterocycles. The Hall–Kier alpha value is -3.15. The molecule has 6 heteroatoms. The lowest BCUT2D eigenvalue weighted by Gasteiger charge is -2.13. The van der Waals surface area contributed by atoms with Gasteiger partial charge in [-0.05, 0) is 36.8 Å². The van der Waals surface area contributed by atoms with Crippen LogP contribution in [0.3, 0.4) is 0 Å². The van der Waals surface area contributed by atoms with E-state index >= 15 is 0 Å². The summed E-state index contributed by atoms with van der Waals surface area (Å²) in [6, 6.07) is 16.4. The Morgan fingerprint density at radius 2 is 1.68 bits per heavy atom. The maximum atomic E-state index is 4.45. The van der Waals surface area contributed by atoms with Crippen molar-refractivity contribution in [3.63, 3.8) is 0 Å². The zero-order valence-electron chi connectivity index (χ0n) is 14.7. The number of hydrogen-bond donors (Lipinski definition) is 2. The molecule has 0 spiro atoms. The molecule has 2 aromatic carbocycles. The molecule has 3 aromatic rings. The van der Waals surface area contributed by atoms with E-state index in [9.17, 15) is 0 Å². The van der Waals surface area contributed by atoms with E-state index in [-0.39, 0.29) is 0 Å². The van der Waals surface area contributed by atoms with Gasteiger partial charge in [-0.1, -0.05) is 29.8 Å². The van der Waals surface area contributed by atoms with Crippen LogP contribution >= 0.6 is 0 Å². The van der Waals surface area contributed by atoms with E-state index < -0.39 is 0 Å². The first-order valence-electron chi connectivity index (χ1n) is 8.14. The van der Waals surface area contributed by atoms with E-state index in [0.717, 1.165) is 11.4 Å². The smallest absolute Gasteiger partial charge is 0.249 e. The first-order valence-corrected chi connectivity index (χ1v) is 8.14. The molecule has 0 fully saturated rings. The van der Waals surface area contributed by atoms with Gasteiger partial charge < -0.3 is 15.5 Å². The van der Waals surface area contributed by atoms with Crippen LogP contribution < -0.4 is 15.5 Å². The summed E-state index contributed by atoms with van der Waals surface area (Å²) in [5, 5.41) is 14.5. The summed E-state index contributed by atoms with van der Waals surface area (Å²) in [5.41, 5.74) is 4.50. The number of aromatic nitrogens is 3. The number of hydrogen-bond acceptors (Lipinski definition) is 6. The molecule has 0 saturated carbocycles. The third-order valence-electron chi connectivity index (χ3n) is 3.79. The second-order valence-corrected chi connectivity index (χ2v) is 6.07. The van der Waals surface area contributed by atoms with Crippen LogP contribution in [0.2, 0.25) is 0 Å². The van der Waals surface area contributed by atoms with E-state index in [2.05, 4.69) is 61.9 Å². The summed E-state index contributed by atoms with van der Waals surface area (Å²) < 4.78 is 0. The molecule has 0 radical (unpaired) electrons. The molecule has 0 unspecified atom stereocenters. The van der Waals surface area contributed by atoms with Crippen LogP contribution in [0.25, 0.3) is 0 Å². The summed E-state index contributed by atoms with van der Waals surface area (Å²) in [4.78, 5) is 6.50. The number of anilines is 4. The van der Waals surface area contributed by atoms with Gasteiger partial charge in [0, 0.05) is 32.0 Å². The molecule has 0 atom stereocenters. The van der Waals surface area contributed by atoms with E-state index in [1.165, 1.54) is 11.1 Å². The van der Waals surface area contributed by atoms with Crippen molar-refractivity contribution in [1.29, 1.82) is 0 Å². The van der Waals surface area contributed by atoms with Gasteiger partial charge in [-0.2, -0.15) is 10.1 Å². The molecule has 0 bridgehead atoms. The van der Waals surface area contributed by atoms with E-state index in [0.29, 0.717) is 18.3 Å². The van der Waals surface area contributed by atoms with Gasteiger partial charge >= 0.3 is 0 Å². The molecule has 25 heavy (non-hydrogen) atoms. The summed E-state index contributed by atoms with van der Waals surface area (Å²) >= 11 is 0. The van der Waals surface area contributed by atoms with Crippen LogP contribution in [0.4, 0.5) is 23.1 Å². The number of aryl methyl sites for hydroxylation is 1. The van der Waals surface area contributed by atoms with Crippen LogP contribution in [0.5, 0.6) is 0 Å². The van der Waals surface area contributed by atoms with Crippen LogP contribution in [0.15, 0.2) is 54.7 Å². The average molecular weight is 334 g/mol. The van der Waals surface area contributed by atoms with E-state index in [1.54, 1.807) is 6.20 Å². The Morgan fingerprint density at radius 3 is 2.36 bits per heavy atom. The summed E-state index contributed by atoms with van der Waals surface area (Å²) in [5.74, 6) is 1.15. The lowest BCUT2D eigenvalue weighted by atomic mass is 10.1. The zero-order valence-corrected chi connectivity index (χ0v) is 14.7. The van der Waals surface area contributed by atoms with Crippen molar-refractivity contribution < 1.29 is 0 Å². The Bertz CT molecular complexity index is 812. The SMILES string of the molecule is Cc1ccc(CNc2cnnc(Nc3ccc(N(C)C)cc3)n2)cc1. The van der Waals surface area contributed by atoms with E-state index in [1.807, 2.05) is 38.4 Å². The number of rotatable bonds is 6. The van der Waals surface area contributed by atoms with Gasteiger partial charge in [-0.3, -0.25) is 0 Å². The molecule has 6 nitrogen and oxygen atoms in total. The fraction of sp³-hybridized carbons (Fsp3) is 0.211. The Balaban J connectivity index is 1.63. The molecule has 1 aromatic heterocycles. The highest BCUT2D eigenvalue weighted by atomic mass is 15.3. The van der Waals surface area contributed by atoms with Crippen molar-refractivity contribution in [3.8, 4) is 0 Å². The first kappa shape index (κ1) is 16.7. The summed E-state index contributed by atoms with van der Waals surface area (Å²) in [6.45, 7) is 2.77. The van der Waals surface area contributed by atoms with Gasteiger partial charge in [0.2, 0.25) is 5.95 Å². The highest BCUT2D eigenvalue weighted by Gasteiger charge is 2.02. The van der Waals surface area contributed by atoms with Gasteiger partial charge in [0.15, 0.2) is 5.82 Å². The zero-order chi connectivity index (χ0) is 17.6. The highest BCUT2D eigenvalue weighted by Crippen LogP contribution is 2.18. The molecule has 1 heterocycles. The van der Waals surface area contributed by atoms with Crippen molar-refractivity contribution >= 4 is 23.1 Å². The summed E-state index contributed by atoms with van der Waals surface area (Å²) in [7, 11) is 4.03. The Kier molecular flexibility index (Phi) is 5.09. The molecule has 128 valence electrons. The third-order valence-corrected chi connectivity index (χ3v) is 3.79. The second kappa shape index (κ2) is 7.61. The van der Waals surface area contributed by atoms with Gasteiger partial charge in [0.05, 0.1) is 6.20 Å². The Morgan fingerprint density at radius 1 is 0.960 bits per heavy atom. The monoisotopic (exact) mass is 334 g/mol. The fourth-order valence-corrected chi connectivity index (χ4v) is 2.31. The lowest BCUT2D eigenvalue weighted by Crippen LogP contribution is -2.08. The molecule has 2 N–H and O–H groups in total. The van der Waals surface area contributed by atoms with Crippen LogP contribution in [-0.4, -0.2) is 29.3 Å². The average Bonchev–Trinajstić information content (AvgIpc) is 2.62. The third kappa shape index (κ3) is 4.67. The van der Waals surface area contributed by atoms with E-state index in [4.69, 9.17) is 0 Å².